The third-order valence-electron chi connectivity index (χ3n) is 4.82. The van der Waals surface area contributed by atoms with Crippen LogP contribution in [0.4, 0.5) is 0 Å². The van der Waals surface area contributed by atoms with E-state index >= 15 is 0 Å². The molecule has 22 heavy (non-hydrogen) atoms. The van der Waals surface area contributed by atoms with E-state index in [1.165, 1.54) is 17.2 Å². The molecular formula is C18H19NO3. The van der Waals surface area contributed by atoms with Gasteiger partial charge in [0.2, 0.25) is 0 Å². The maximum Gasteiger partial charge on any atom is 0.161 e. The molecule has 0 fully saturated rings. The van der Waals surface area contributed by atoms with Crippen LogP contribution in [0.15, 0.2) is 30.3 Å². The molecule has 0 saturated carbocycles. The summed E-state index contributed by atoms with van der Waals surface area (Å²) in [6.07, 6.45) is 0.650. The van der Waals surface area contributed by atoms with Crippen molar-refractivity contribution in [1.29, 1.82) is 0 Å². The van der Waals surface area contributed by atoms with E-state index in [-0.39, 0.29) is 23.5 Å². The molecule has 0 spiro atoms. The molecule has 2 unspecified atom stereocenters. The van der Waals surface area contributed by atoms with Gasteiger partial charge in [0.1, 0.15) is 12.4 Å². The van der Waals surface area contributed by atoms with Crippen LogP contribution < -0.4 is 10.1 Å². The monoisotopic (exact) mass is 297 g/mol. The number of ether oxygens (including phenoxy) is 1. The van der Waals surface area contributed by atoms with Gasteiger partial charge >= 0.3 is 0 Å². The molecule has 2 aromatic rings. The molecule has 0 aliphatic carbocycles. The quantitative estimate of drug-likeness (QED) is 0.708. The van der Waals surface area contributed by atoms with Crippen LogP contribution in [0.3, 0.4) is 0 Å². The van der Waals surface area contributed by atoms with Crippen LogP contribution in [0, 0.1) is 0 Å². The molecule has 0 radical (unpaired) electrons. The zero-order valence-corrected chi connectivity index (χ0v) is 12.5. The Kier molecular flexibility index (Phi) is 3.01. The number of benzene rings is 2. The number of fused-ring (bicyclic) bond motifs is 5. The maximum atomic E-state index is 10.3. The molecule has 4 heteroatoms. The van der Waals surface area contributed by atoms with E-state index in [9.17, 15) is 10.2 Å². The zero-order chi connectivity index (χ0) is 15.3. The summed E-state index contributed by atoms with van der Waals surface area (Å²) in [7, 11) is 0. The lowest BCUT2D eigenvalue weighted by atomic mass is 9.76. The fraction of sp³-hybridized carbons (Fsp3) is 0.333. The first-order chi connectivity index (χ1) is 10.7. The molecule has 0 saturated heterocycles. The Balaban J connectivity index is 1.98. The molecule has 0 bridgehead atoms. The van der Waals surface area contributed by atoms with Crippen molar-refractivity contribution in [3.05, 3.63) is 52.6 Å². The second-order valence-corrected chi connectivity index (χ2v) is 5.96. The first-order valence-corrected chi connectivity index (χ1v) is 7.72. The Bertz CT molecular complexity index is 741. The van der Waals surface area contributed by atoms with Crippen molar-refractivity contribution >= 4 is 0 Å². The van der Waals surface area contributed by atoms with Crippen molar-refractivity contribution in [2.75, 3.05) is 6.61 Å². The Morgan fingerprint density at radius 2 is 2.09 bits per heavy atom. The molecule has 2 aliphatic rings. The van der Waals surface area contributed by atoms with E-state index < -0.39 is 0 Å². The highest BCUT2D eigenvalue weighted by atomic mass is 16.5. The number of hydrogen-bond acceptors (Lipinski definition) is 4. The predicted molar refractivity (Wildman–Crippen MR) is 83.6 cm³/mol. The van der Waals surface area contributed by atoms with Crippen molar-refractivity contribution in [2.24, 2.45) is 0 Å². The minimum Gasteiger partial charge on any atom is -0.504 e. The van der Waals surface area contributed by atoms with Crippen LogP contribution in [0.1, 0.15) is 35.1 Å². The van der Waals surface area contributed by atoms with Gasteiger partial charge in [-0.15, -0.1) is 0 Å². The fourth-order valence-electron chi connectivity index (χ4n) is 3.79. The average Bonchev–Trinajstić information content (AvgIpc) is 2.55. The Morgan fingerprint density at radius 1 is 1.27 bits per heavy atom. The summed E-state index contributed by atoms with van der Waals surface area (Å²) in [6, 6.07) is 10.1. The van der Waals surface area contributed by atoms with Gasteiger partial charge in [0.05, 0.1) is 6.04 Å². The number of hydrogen-bond donors (Lipinski definition) is 3. The van der Waals surface area contributed by atoms with Gasteiger partial charge in [-0.1, -0.05) is 31.2 Å². The summed E-state index contributed by atoms with van der Waals surface area (Å²) in [6.45, 7) is 3.39. The van der Waals surface area contributed by atoms with Crippen molar-refractivity contribution < 1.29 is 14.9 Å². The minimum absolute atomic E-state index is 0.0199. The Labute approximate surface area is 129 Å². The Hall–Kier alpha value is -2.20. The van der Waals surface area contributed by atoms with Gasteiger partial charge in [-0.2, -0.15) is 0 Å². The minimum atomic E-state index is -0.105. The van der Waals surface area contributed by atoms with Gasteiger partial charge in [-0.05, 0) is 17.5 Å². The summed E-state index contributed by atoms with van der Waals surface area (Å²) < 4.78 is 5.85. The summed E-state index contributed by atoms with van der Waals surface area (Å²) in [4.78, 5) is 0. The molecule has 2 aromatic carbocycles. The van der Waals surface area contributed by atoms with Crippen LogP contribution >= 0.6 is 0 Å². The van der Waals surface area contributed by atoms with Gasteiger partial charge in [-0.3, -0.25) is 0 Å². The van der Waals surface area contributed by atoms with Crippen LogP contribution in [-0.2, 0) is 13.0 Å². The Morgan fingerprint density at radius 3 is 2.91 bits per heavy atom. The maximum absolute atomic E-state index is 10.3. The first-order valence-electron chi connectivity index (χ1n) is 7.72. The molecule has 3 N–H and O–H groups in total. The smallest absolute Gasteiger partial charge is 0.161 e. The van der Waals surface area contributed by atoms with Gasteiger partial charge in [-0.25, -0.2) is 0 Å². The van der Waals surface area contributed by atoms with Crippen molar-refractivity contribution in [3.8, 4) is 17.2 Å². The lowest BCUT2D eigenvalue weighted by Crippen LogP contribution is -2.46. The lowest BCUT2D eigenvalue weighted by Gasteiger charge is -2.40. The normalized spacial score (nSPS) is 22.2. The van der Waals surface area contributed by atoms with E-state index in [0.717, 1.165) is 17.7 Å². The summed E-state index contributed by atoms with van der Waals surface area (Å²) >= 11 is 0. The third-order valence-corrected chi connectivity index (χ3v) is 4.82. The average molecular weight is 297 g/mol. The molecular weight excluding hydrogens is 278 g/mol. The van der Waals surface area contributed by atoms with E-state index in [0.29, 0.717) is 18.8 Å². The molecule has 0 amide bonds. The van der Waals surface area contributed by atoms with Gasteiger partial charge < -0.3 is 20.3 Å². The highest BCUT2D eigenvalue weighted by Gasteiger charge is 2.38. The number of aromatic hydroxyl groups is 2. The van der Waals surface area contributed by atoms with Crippen molar-refractivity contribution in [1.82, 2.24) is 5.32 Å². The second kappa shape index (κ2) is 4.92. The molecule has 2 atom stereocenters. The van der Waals surface area contributed by atoms with Gasteiger partial charge in [0.15, 0.2) is 11.5 Å². The van der Waals surface area contributed by atoms with E-state index in [2.05, 4.69) is 29.6 Å². The van der Waals surface area contributed by atoms with Gasteiger partial charge in [0, 0.05) is 29.7 Å². The van der Waals surface area contributed by atoms with Crippen LogP contribution in [0.2, 0.25) is 0 Å². The van der Waals surface area contributed by atoms with Crippen LogP contribution in [0.5, 0.6) is 17.2 Å². The number of rotatable bonds is 1. The van der Waals surface area contributed by atoms with Crippen molar-refractivity contribution in [3.63, 3.8) is 0 Å². The number of phenolic OH excluding ortho intramolecular Hbond substituents is 2. The summed E-state index contributed by atoms with van der Waals surface area (Å²) in [5.74, 6) is 0.710. The first kappa shape index (κ1) is 13.5. The molecule has 2 heterocycles. The second-order valence-electron chi connectivity index (χ2n) is 5.96. The summed E-state index contributed by atoms with van der Waals surface area (Å²) in [5, 5.41) is 23.7. The highest BCUT2D eigenvalue weighted by molar-refractivity contribution is 5.61. The molecule has 2 aliphatic heterocycles. The fourth-order valence-corrected chi connectivity index (χ4v) is 3.79. The molecule has 0 aromatic heterocycles. The summed E-state index contributed by atoms with van der Waals surface area (Å²) in [5.41, 5.74) is 4.36. The molecule has 114 valence electrons. The third kappa shape index (κ3) is 1.80. The number of phenols is 2. The SMILES string of the molecule is CCc1c(O)c(O)cc2c1C1c3ccccc3CNC1CO2. The standard InChI is InChI=1S/C18H19NO3/c1-2-11-17-15(7-14(20)18(11)21)22-9-13-16(17)12-6-4-3-5-10(12)8-19-13/h3-7,13,16,19-21H,2,8-9H2,1H3. The largest absolute Gasteiger partial charge is 0.504 e. The van der Waals surface area contributed by atoms with E-state index in [4.69, 9.17) is 4.74 Å². The number of nitrogens with one attached hydrogen (secondary N) is 1. The molecule has 4 rings (SSSR count). The zero-order valence-electron chi connectivity index (χ0n) is 12.5. The lowest BCUT2D eigenvalue weighted by molar-refractivity contribution is 0.213. The van der Waals surface area contributed by atoms with E-state index in [1.807, 2.05) is 6.92 Å². The van der Waals surface area contributed by atoms with Crippen LogP contribution in [0.25, 0.3) is 0 Å². The highest BCUT2D eigenvalue weighted by Crippen LogP contribution is 2.48. The van der Waals surface area contributed by atoms with Gasteiger partial charge in [0.25, 0.3) is 0 Å². The van der Waals surface area contributed by atoms with E-state index in [1.54, 1.807) is 0 Å². The van der Waals surface area contributed by atoms with Crippen LogP contribution in [-0.4, -0.2) is 22.9 Å². The van der Waals surface area contributed by atoms with Crippen molar-refractivity contribution in [2.45, 2.75) is 31.8 Å². The molecule has 4 nitrogen and oxygen atoms in total. The predicted octanol–water partition coefficient (Wildman–Crippen LogP) is 2.66. The topological polar surface area (TPSA) is 61.7 Å².